The quantitative estimate of drug-likeness (QED) is 0.416. The van der Waals surface area contributed by atoms with E-state index in [1.165, 1.54) is 0 Å². The third-order valence-electron chi connectivity index (χ3n) is 2.36. The minimum absolute atomic E-state index is 0.114. The van der Waals surface area contributed by atoms with Gasteiger partial charge in [0.2, 0.25) is 0 Å². The zero-order chi connectivity index (χ0) is 10.0. The lowest BCUT2D eigenvalue weighted by Crippen LogP contribution is -2.56. The van der Waals surface area contributed by atoms with E-state index in [4.69, 9.17) is 9.84 Å². The molecule has 1 heterocycles. The molecule has 1 aliphatic rings. The van der Waals surface area contributed by atoms with Gasteiger partial charge in [0.1, 0.15) is 18.3 Å². The third kappa shape index (κ3) is 2.18. The molecule has 13 heavy (non-hydrogen) atoms. The highest BCUT2D eigenvalue weighted by atomic mass is 16.5. The van der Waals surface area contributed by atoms with Crippen molar-refractivity contribution < 1.29 is 25.2 Å². The molecule has 0 aromatic rings. The van der Waals surface area contributed by atoms with E-state index in [0.29, 0.717) is 0 Å². The largest absolute Gasteiger partial charge is 0.396 e. The normalized spacial score (nSPS) is 46.4. The van der Waals surface area contributed by atoms with Crippen molar-refractivity contribution in [2.24, 2.45) is 0 Å². The first-order chi connectivity index (χ1) is 6.07. The van der Waals surface area contributed by atoms with E-state index in [1.807, 2.05) is 0 Å². The molecule has 0 bridgehead atoms. The van der Waals surface area contributed by atoms with Crippen LogP contribution in [0.25, 0.3) is 0 Å². The number of rotatable bonds is 2. The summed E-state index contributed by atoms with van der Waals surface area (Å²) in [6, 6.07) is 0. The van der Waals surface area contributed by atoms with Crippen LogP contribution in [-0.2, 0) is 4.74 Å². The topological polar surface area (TPSA) is 90.2 Å². The van der Waals surface area contributed by atoms with Crippen molar-refractivity contribution in [3.63, 3.8) is 0 Å². The zero-order valence-corrected chi connectivity index (χ0v) is 7.50. The van der Waals surface area contributed by atoms with Gasteiger partial charge in [-0.3, -0.25) is 0 Å². The van der Waals surface area contributed by atoms with E-state index in [0.717, 1.165) is 0 Å². The van der Waals surface area contributed by atoms with Gasteiger partial charge in [-0.2, -0.15) is 0 Å². The van der Waals surface area contributed by atoms with Crippen LogP contribution in [0.2, 0.25) is 0 Å². The Labute approximate surface area is 76.6 Å². The van der Waals surface area contributed by atoms with Crippen LogP contribution in [0.5, 0.6) is 0 Å². The third-order valence-corrected chi connectivity index (χ3v) is 2.36. The summed E-state index contributed by atoms with van der Waals surface area (Å²) in [4.78, 5) is 0. The van der Waals surface area contributed by atoms with Gasteiger partial charge >= 0.3 is 0 Å². The fraction of sp³-hybridized carbons (Fsp3) is 1.00. The van der Waals surface area contributed by atoms with Crippen LogP contribution in [0.3, 0.4) is 0 Å². The van der Waals surface area contributed by atoms with Gasteiger partial charge in [0.15, 0.2) is 0 Å². The lowest BCUT2D eigenvalue weighted by molar-refractivity contribution is -0.219. The first kappa shape index (κ1) is 10.9. The number of aliphatic hydroxyl groups is 4. The summed E-state index contributed by atoms with van der Waals surface area (Å²) in [5.41, 5.74) is 0. The van der Waals surface area contributed by atoms with Crippen molar-refractivity contribution in [3.8, 4) is 0 Å². The summed E-state index contributed by atoms with van der Waals surface area (Å²) in [6.45, 7) is 1.50. The van der Waals surface area contributed by atoms with Crippen molar-refractivity contribution in [2.45, 2.75) is 43.9 Å². The smallest absolute Gasteiger partial charge is 0.111 e. The Hall–Kier alpha value is -0.200. The lowest BCUT2D eigenvalue weighted by Gasteiger charge is -2.39. The first-order valence-electron chi connectivity index (χ1n) is 4.38. The van der Waals surface area contributed by atoms with Gasteiger partial charge in [0.25, 0.3) is 0 Å². The van der Waals surface area contributed by atoms with Gasteiger partial charge in [-0.25, -0.2) is 0 Å². The molecular weight excluding hydrogens is 176 g/mol. The maximum absolute atomic E-state index is 9.41. The Morgan fingerprint density at radius 3 is 2.23 bits per heavy atom. The van der Waals surface area contributed by atoms with Crippen LogP contribution in [0.1, 0.15) is 13.3 Å². The highest BCUT2D eigenvalue weighted by Crippen LogP contribution is 2.22. The molecule has 0 aliphatic carbocycles. The highest BCUT2D eigenvalue weighted by molar-refractivity contribution is 4.90. The van der Waals surface area contributed by atoms with E-state index >= 15 is 0 Å². The summed E-state index contributed by atoms with van der Waals surface area (Å²) < 4.78 is 5.20. The maximum Gasteiger partial charge on any atom is 0.111 e. The maximum atomic E-state index is 9.41. The summed E-state index contributed by atoms with van der Waals surface area (Å²) in [6.07, 6.45) is -4.24. The van der Waals surface area contributed by atoms with E-state index in [9.17, 15) is 15.3 Å². The molecule has 0 saturated carbocycles. The molecular formula is C8H16O5. The van der Waals surface area contributed by atoms with Crippen molar-refractivity contribution in [2.75, 3.05) is 6.61 Å². The Balaban J connectivity index is 2.59. The van der Waals surface area contributed by atoms with Gasteiger partial charge in [-0.1, -0.05) is 0 Å². The molecule has 1 rings (SSSR count). The molecule has 5 nitrogen and oxygen atoms in total. The number of aliphatic hydroxyl groups excluding tert-OH is 4. The number of hydrogen-bond acceptors (Lipinski definition) is 5. The van der Waals surface area contributed by atoms with Crippen LogP contribution < -0.4 is 0 Å². The summed E-state index contributed by atoms with van der Waals surface area (Å²) in [5, 5.41) is 36.7. The second kappa shape index (κ2) is 4.34. The molecule has 5 unspecified atom stereocenters. The average molecular weight is 192 g/mol. The molecule has 0 amide bonds. The Morgan fingerprint density at radius 2 is 1.69 bits per heavy atom. The van der Waals surface area contributed by atoms with Crippen LogP contribution in [-0.4, -0.2) is 57.6 Å². The van der Waals surface area contributed by atoms with Gasteiger partial charge in [-0.05, 0) is 13.3 Å². The molecule has 0 aromatic heterocycles. The van der Waals surface area contributed by atoms with Crippen molar-refractivity contribution in [3.05, 3.63) is 0 Å². The van der Waals surface area contributed by atoms with Crippen molar-refractivity contribution in [1.82, 2.24) is 0 Å². The van der Waals surface area contributed by atoms with Crippen molar-refractivity contribution >= 4 is 0 Å². The molecule has 5 heteroatoms. The lowest BCUT2D eigenvalue weighted by atomic mass is 9.94. The van der Waals surface area contributed by atoms with Crippen LogP contribution in [0.4, 0.5) is 0 Å². The van der Waals surface area contributed by atoms with Gasteiger partial charge < -0.3 is 25.2 Å². The molecule has 0 spiro atoms. The fourth-order valence-corrected chi connectivity index (χ4v) is 1.50. The Morgan fingerprint density at radius 1 is 1.08 bits per heavy atom. The standard InChI is InChI=1S/C8H16O5/c1-4-6(10)8(12)7(11)5(13-4)2-3-9/h4-12H,2-3H2,1H3. The van der Waals surface area contributed by atoms with E-state index in [2.05, 4.69) is 0 Å². The molecule has 0 radical (unpaired) electrons. The predicted octanol–water partition coefficient (Wildman–Crippen LogP) is -1.76. The second-order valence-electron chi connectivity index (χ2n) is 3.36. The minimum Gasteiger partial charge on any atom is -0.396 e. The minimum atomic E-state index is -1.19. The predicted molar refractivity (Wildman–Crippen MR) is 44.1 cm³/mol. The zero-order valence-electron chi connectivity index (χ0n) is 7.50. The molecule has 1 saturated heterocycles. The number of hydrogen-bond donors (Lipinski definition) is 4. The van der Waals surface area contributed by atoms with Gasteiger partial charge in [0.05, 0.1) is 12.2 Å². The molecule has 5 atom stereocenters. The van der Waals surface area contributed by atoms with Crippen molar-refractivity contribution in [1.29, 1.82) is 0 Å². The molecule has 1 fully saturated rings. The Kier molecular flexibility index (Phi) is 3.63. The molecule has 1 aliphatic heterocycles. The Bertz CT molecular complexity index is 163. The average Bonchev–Trinajstić information content (AvgIpc) is 2.11. The van der Waals surface area contributed by atoms with Crippen LogP contribution in [0, 0.1) is 0 Å². The summed E-state index contributed by atoms with van der Waals surface area (Å²) in [5.74, 6) is 0. The van der Waals surface area contributed by atoms with Crippen LogP contribution in [0.15, 0.2) is 0 Å². The van der Waals surface area contributed by atoms with E-state index in [1.54, 1.807) is 6.92 Å². The van der Waals surface area contributed by atoms with Crippen LogP contribution >= 0.6 is 0 Å². The van der Waals surface area contributed by atoms with E-state index in [-0.39, 0.29) is 13.0 Å². The summed E-state index contributed by atoms with van der Waals surface area (Å²) in [7, 11) is 0. The molecule has 0 aromatic carbocycles. The first-order valence-corrected chi connectivity index (χ1v) is 4.38. The SMILES string of the molecule is CC1OC(CCO)C(O)C(O)C1O. The highest BCUT2D eigenvalue weighted by Gasteiger charge is 2.41. The fourth-order valence-electron chi connectivity index (χ4n) is 1.50. The molecule has 78 valence electrons. The molecule has 4 N–H and O–H groups in total. The summed E-state index contributed by atoms with van der Waals surface area (Å²) >= 11 is 0. The second-order valence-corrected chi connectivity index (χ2v) is 3.36. The van der Waals surface area contributed by atoms with Gasteiger partial charge in [0, 0.05) is 6.61 Å². The number of ether oxygens (including phenoxy) is 1. The van der Waals surface area contributed by atoms with Gasteiger partial charge in [-0.15, -0.1) is 0 Å². The van der Waals surface area contributed by atoms with E-state index < -0.39 is 30.5 Å². The monoisotopic (exact) mass is 192 g/mol.